The van der Waals surface area contributed by atoms with Crippen LogP contribution in [-0.4, -0.2) is 57.9 Å². The fraction of sp³-hybridized carbons (Fsp3) is 0.667. The molecule has 5 heteroatoms. The molecule has 0 bridgehead atoms. The maximum absolute atomic E-state index is 5.97. The van der Waals surface area contributed by atoms with Crippen LogP contribution in [0.2, 0.25) is 0 Å². The third-order valence-electron chi connectivity index (χ3n) is 5.05. The molecule has 26 heavy (non-hydrogen) atoms. The second-order valence-corrected chi connectivity index (χ2v) is 7.16. The zero-order valence-electron chi connectivity index (χ0n) is 16.9. The van der Waals surface area contributed by atoms with Crippen LogP contribution in [0, 0.1) is 19.8 Å². The van der Waals surface area contributed by atoms with Crippen molar-refractivity contribution in [2.75, 3.05) is 47.0 Å². The molecule has 1 aromatic rings. The number of rotatable bonds is 8. The van der Waals surface area contributed by atoms with Crippen molar-refractivity contribution in [3.05, 3.63) is 29.3 Å². The van der Waals surface area contributed by atoms with E-state index in [9.17, 15) is 0 Å². The van der Waals surface area contributed by atoms with Gasteiger partial charge in [-0.3, -0.25) is 4.99 Å². The van der Waals surface area contributed by atoms with E-state index in [0.717, 1.165) is 50.4 Å². The molecule has 0 spiro atoms. The Bertz CT molecular complexity index is 548. The van der Waals surface area contributed by atoms with Crippen LogP contribution < -0.4 is 10.1 Å². The second-order valence-electron chi connectivity index (χ2n) is 7.16. The van der Waals surface area contributed by atoms with Gasteiger partial charge in [-0.15, -0.1) is 0 Å². The highest BCUT2D eigenvalue weighted by Gasteiger charge is 2.15. The van der Waals surface area contributed by atoms with E-state index in [2.05, 4.69) is 54.3 Å². The first-order valence-electron chi connectivity index (χ1n) is 9.80. The Balaban J connectivity index is 1.64. The summed E-state index contributed by atoms with van der Waals surface area (Å²) in [5, 5.41) is 3.44. The number of para-hydroxylation sites is 1. The van der Waals surface area contributed by atoms with E-state index in [1.165, 1.54) is 30.4 Å². The molecule has 0 aliphatic carbocycles. The molecule has 0 amide bonds. The smallest absolute Gasteiger partial charge is 0.193 e. The lowest BCUT2D eigenvalue weighted by Crippen LogP contribution is -2.40. The van der Waals surface area contributed by atoms with Crippen molar-refractivity contribution in [1.82, 2.24) is 10.2 Å². The maximum Gasteiger partial charge on any atom is 0.193 e. The van der Waals surface area contributed by atoms with E-state index in [0.29, 0.717) is 6.61 Å². The molecule has 1 N–H and O–H groups in total. The Morgan fingerprint density at radius 3 is 2.62 bits per heavy atom. The van der Waals surface area contributed by atoms with E-state index in [1.807, 2.05) is 7.05 Å². The lowest BCUT2D eigenvalue weighted by Gasteiger charge is -2.26. The van der Waals surface area contributed by atoms with Crippen molar-refractivity contribution in [1.29, 1.82) is 0 Å². The first-order chi connectivity index (χ1) is 12.6. The highest BCUT2D eigenvalue weighted by atomic mass is 16.5. The van der Waals surface area contributed by atoms with Gasteiger partial charge < -0.3 is 19.7 Å². The van der Waals surface area contributed by atoms with Crippen molar-refractivity contribution in [3.63, 3.8) is 0 Å². The van der Waals surface area contributed by atoms with Gasteiger partial charge in [-0.1, -0.05) is 18.2 Å². The van der Waals surface area contributed by atoms with Gasteiger partial charge in [-0.2, -0.15) is 0 Å². The molecule has 1 heterocycles. The summed E-state index contributed by atoms with van der Waals surface area (Å²) in [7, 11) is 3.96. The topological polar surface area (TPSA) is 46.1 Å². The minimum absolute atomic E-state index is 0.710. The Labute approximate surface area is 158 Å². The number of benzene rings is 1. The highest BCUT2D eigenvalue weighted by Crippen LogP contribution is 2.22. The Morgan fingerprint density at radius 2 is 1.96 bits per heavy atom. The van der Waals surface area contributed by atoms with Crippen molar-refractivity contribution in [2.45, 2.75) is 39.5 Å². The van der Waals surface area contributed by atoms with Gasteiger partial charge >= 0.3 is 0 Å². The van der Waals surface area contributed by atoms with Gasteiger partial charge in [0.05, 0.1) is 6.61 Å². The number of guanidine groups is 1. The maximum atomic E-state index is 5.97. The van der Waals surface area contributed by atoms with Gasteiger partial charge in [0.2, 0.25) is 0 Å². The SMILES string of the molecule is CN=C(NCCCOc1c(C)cccc1C)N(C)CCC1CCOCC1. The fourth-order valence-electron chi connectivity index (χ4n) is 3.38. The van der Waals surface area contributed by atoms with Crippen LogP contribution in [0.4, 0.5) is 0 Å². The van der Waals surface area contributed by atoms with Crippen LogP contribution in [0.25, 0.3) is 0 Å². The molecule has 0 aromatic heterocycles. The number of aryl methyl sites for hydroxylation is 2. The number of nitrogens with one attached hydrogen (secondary N) is 1. The standard InChI is InChI=1S/C21H35N3O2/c1-17-7-5-8-18(2)20(17)26-14-6-12-23-21(22-3)24(4)13-9-19-10-15-25-16-11-19/h5,7-8,19H,6,9-16H2,1-4H3,(H,22,23). The molecular formula is C21H35N3O2. The molecule has 0 atom stereocenters. The van der Waals surface area contributed by atoms with Crippen LogP contribution in [0.15, 0.2) is 23.2 Å². The van der Waals surface area contributed by atoms with Crippen LogP contribution in [0.3, 0.4) is 0 Å². The molecule has 1 aliphatic rings. The average Bonchev–Trinajstić information content (AvgIpc) is 2.65. The van der Waals surface area contributed by atoms with E-state index >= 15 is 0 Å². The van der Waals surface area contributed by atoms with Crippen molar-refractivity contribution >= 4 is 5.96 Å². The number of hydrogen-bond donors (Lipinski definition) is 1. The van der Waals surface area contributed by atoms with E-state index in [-0.39, 0.29) is 0 Å². The summed E-state index contributed by atoms with van der Waals surface area (Å²) >= 11 is 0. The van der Waals surface area contributed by atoms with Crippen molar-refractivity contribution in [2.24, 2.45) is 10.9 Å². The number of nitrogens with zero attached hydrogens (tertiary/aromatic N) is 2. The molecule has 1 fully saturated rings. The molecule has 1 saturated heterocycles. The molecule has 146 valence electrons. The van der Waals surface area contributed by atoms with Gasteiger partial charge in [-0.25, -0.2) is 0 Å². The quantitative estimate of drug-likeness (QED) is 0.438. The summed E-state index contributed by atoms with van der Waals surface area (Å²) in [6.45, 7) is 8.62. The van der Waals surface area contributed by atoms with Gasteiger partial charge in [0, 0.05) is 40.4 Å². The van der Waals surface area contributed by atoms with E-state index in [1.54, 1.807) is 0 Å². The number of ether oxygens (including phenoxy) is 2. The Kier molecular flexibility index (Phi) is 8.75. The normalized spacial score (nSPS) is 15.8. The van der Waals surface area contributed by atoms with Crippen LogP contribution in [0.1, 0.15) is 36.8 Å². The molecule has 5 nitrogen and oxygen atoms in total. The largest absolute Gasteiger partial charge is 0.493 e. The third-order valence-corrected chi connectivity index (χ3v) is 5.05. The lowest BCUT2D eigenvalue weighted by molar-refractivity contribution is 0.0625. The van der Waals surface area contributed by atoms with Gasteiger partial charge in [0.1, 0.15) is 5.75 Å². The fourth-order valence-corrected chi connectivity index (χ4v) is 3.38. The number of aliphatic imine (C=N–C) groups is 1. The van der Waals surface area contributed by atoms with Crippen molar-refractivity contribution in [3.8, 4) is 5.75 Å². The van der Waals surface area contributed by atoms with Gasteiger partial charge in [0.15, 0.2) is 5.96 Å². The molecule has 1 aromatic carbocycles. The summed E-state index contributed by atoms with van der Waals surface area (Å²) in [6, 6.07) is 6.25. The molecule has 0 unspecified atom stereocenters. The third kappa shape index (κ3) is 6.52. The van der Waals surface area contributed by atoms with E-state index < -0.39 is 0 Å². The minimum Gasteiger partial charge on any atom is -0.493 e. The predicted molar refractivity (Wildman–Crippen MR) is 108 cm³/mol. The van der Waals surface area contributed by atoms with Gasteiger partial charge in [0.25, 0.3) is 0 Å². The molecule has 0 radical (unpaired) electrons. The highest BCUT2D eigenvalue weighted by molar-refractivity contribution is 5.79. The Hall–Kier alpha value is -1.75. The Morgan fingerprint density at radius 1 is 1.27 bits per heavy atom. The van der Waals surface area contributed by atoms with Crippen LogP contribution >= 0.6 is 0 Å². The zero-order valence-corrected chi connectivity index (χ0v) is 16.9. The molecule has 1 aliphatic heterocycles. The first kappa shape index (κ1) is 20.6. The zero-order chi connectivity index (χ0) is 18.8. The number of hydrogen-bond acceptors (Lipinski definition) is 3. The summed E-state index contributed by atoms with van der Waals surface area (Å²) in [6.07, 6.45) is 4.53. The van der Waals surface area contributed by atoms with Crippen LogP contribution in [0.5, 0.6) is 5.75 Å². The summed E-state index contributed by atoms with van der Waals surface area (Å²) in [4.78, 5) is 6.63. The molecule has 2 rings (SSSR count). The second kappa shape index (κ2) is 11.1. The summed E-state index contributed by atoms with van der Waals surface area (Å²) in [5.74, 6) is 2.77. The summed E-state index contributed by atoms with van der Waals surface area (Å²) in [5.41, 5.74) is 2.39. The van der Waals surface area contributed by atoms with E-state index in [4.69, 9.17) is 9.47 Å². The predicted octanol–water partition coefficient (Wildman–Crippen LogP) is 3.40. The molecular weight excluding hydrogens is 326 g/mol. The molecule has 0 saturated carbocycles. The van der Waals surface area contributed by atoms with Gasteiger partial charge in [-0.05, 0) is 56.6 Å². The first-order valence-corrected chi connectivity index (χ1v) is 9.80. The average molecular weight is 362 g/mol. The monoisotopic (exact) mass is 361 g/mol. The minimum atomic E-state index is 0.710. The van der Waals surface area contributed by atoms with Crippen molar-refractivity contribution < 1.29 is 9.47 Å². The summed E-state index contributed by atoms with van der Waals surface area (Å²) < 4.78 is 11.4. The lowest BCUT2D eigenvalue weighted by atomic mass is 9.96. The van der Waals surface area contributed by atoms with Crippen LogP contribution in [-0.2, 0) is 4.74 Å².